The van der Waals surface area contributed by atoms with Gasteiger partial charge in [-0.05, 0) is 35.7 Å². The molecule has 0 radical (unpaired) electrons. The molecule has 1 saturated heterocycles. The monoisotopic (exact) mass is 425 g/mol. The minimum Gasteiger partial charge on any atom is -0.459 e. The highest BCUT2D eigenvalue weighted by atomic mass is 16.3. The average Bonchev–Trinajstić information content (AvgIpc) is 3.29. The molecule has 166 valence electrons. The zero-order valence-corrected chi connectivity index (χ0v) is 18.4. The highest BCUT2D eigenvalue weighted by Gasteiger charge is 2.25. The first-order valence-corrected chi connectivity index (χ1v) is 10.6. The molecule has 1 aromatic heterocycles. The Hall–Kier alpha value is -3.29. The highest BCUT2D eigenvalue weighted by molar-refractivity contribution is 5.92. The number of amides is 2. The third-order valence-electron chi connectivity index (χ3n) is 5.07. The molecule has 0 atom stereocenters. The molecule has 0 saturated carbocycles. The number of nitrogens with zero attached hydrogens (tertiary/aromatic N) is 3. The fraction of sp³-hybridized carbons (Fsp3) is 0.435. The largest absolute Gasteiger partial charge is 0.459 e. The van der Waals surface area contributed by atoms with Crippen LogP contribution in [0.15, 0.2) is 52.1 Å². The Balaban J connectivity index is 1.50. The number of rotatable bonds is 6. The number of carbonyl (C=O) groups is 2. The minimum absolute atomic E-state index is 0.0258. The van der Waals surface area contributed by atoms with Gasteiger partial charge in [-0.25, -0.2) is 0 Å². The number of benzene rings is 1. The summed E-state index contributed by atoms with van der Waals surface area (Å²) in [6.45, 7) is 7.24. The molecule has 0 bridgehead atoms. The zero-order chi connectivity index (χ0) is 22.2. The second kappa shape index (κ2) is 10.7. The van der Waals surface area contributed by atoms with E-state index in [9.17, 15) is 9.59 Å². The van der Waals surface area contributed by atoms with Gasteiger partial charge in [-0.3, -0.25) is 14.6 Å². The lowest BCUT2D eigenvalue weighted by Gasteiger charge is -2.36. The minimum atomic E-state index is -0.0797. The summed E-state index contributed by atoms with van der Waals surface area (Å²) in [6.07, 6.45) is 2.02. The molecule has 1 aliphatic rings. The number of piperazine rings is 1. The smallest absolute Gasteiger partial charge is 0.289 e. The van der Waals surface area contributed by atoms with E-state index in [1.54, 1.807) is 24.1 Å². The number of carbonyl (C=O) groups excluding carboxylic acids is 2. The van der Waals surface area contributed by atoms with Crippen molar-refractivity contribution in [2.45, 2.75) is 26.8 Å². The van der Waals surface area contributed by atoms with Crippen LogP contribution in [0.5, 0.6) is 0 Å². The first-order chi connectivity index (χ1) is 15.0. The van der Waals surface area contributed by atoms with E-state index < -0.39 is 0 Å². The molecule has 2 heterocycles. The Kier molecular flexibility index (Phi) is 7.70. The summed E-state index contributed by atoms with van der Waals surface area (Å²) in [5.74, 6) is 1.43. The molecule has 2 amide bonds. The summed E-state index contributed by atoms with van der Waals surface area (Å²) in [6, 6.07) is 11.2. The molecule has 8 heteroatoms. The van der Waals surface area contributed by atoms with Gasteiger partial charge < -0.3 is 24.9 Å². The standard InChI is InChI=1S/C23H31N5O3/c1-17(2)14-21(29)26-19-7-4-6-18(15-19)16-25-23(24-3)28-11-9-27(10-12-28)22(30)20-8-5-13-31-20/h4-8,13,15,17H,9-12,14,16H2,1-3H3,(H,24,25)(H,26,29). The van der Waals surface area contributed by atoms with Crippen molar-refractivity contribution in [1.29, 1.82) is 0 Å². The number of guanidine groups is 1. The van der Waals surface area contributed by atoms with Gasteiger partial charge in [-0.15, -0.1) is 0 Å². The van der Waals surface area contributed by atoms with Crippen molar-refractivity contribution in [3.63, 3.8) is 0 Å². The summed E-state index contributed by atoms with van der Waals surface area (Å²) in [7, 11) is 1.76. The Morgan fingerprint density at radius 3 is 2.48 bits per heavy atom. The van der Waals surface area contributed by atoms with E-state index in [1.807, 2.05) is 38.1 Å². The van der Waals surface area contributed by atoms with Crippen LogP contribution in [0.4, 0.5) is 5.69 Å². The molecule has 1 aliphatic heterocycles. The van der Waals surface area contributed by atoms with Gasteiger partial charge in [0, 0.05) is 51.9 Å². The second-order valence-electron chi connectivity index (χ2n) is 8.00. The maximum atomic E-state index is 12.4. The molecule has 0 aliphatic carbocycles. The highest BCUT2D eigenvalue weighted by Crippen LogP contribution is 2.13. The third kappa shape index (κ3) is 6.34. The zero-order valence-electron chi connectivity index (χ0n) is 18.4. The van der Waals surface area contributed by atoms with Crippen molar-refractivity contribution in [2.75, 3.05) is 38.5 Å². The van der Waals surface area contributed by atoms with Crippen molar-refractivity contribution in [1.82, 2.24) is 15.1 Å². The van der Waals surface area contributed by atoms with Gasteiger partial charge in [-0.2, -0.15) is 0 Å². The van der Waals surface area contributed by atoms with Crippen LogP contribution in [0.2, 0.25) is 0 Å². The Morgan fingerprint density at radius 1 is 1.10 bits per heavy atom. The van der Waals surface area contributed by atoms with Crippen LogP contribution in [0, 0.1) is 5.92 Å². The first kappa shape index (κ1) is 22.4. The molecule has 0 spiro atoms. The van der Waals surface area contributed by atoms with E-state index in [2.05, 4.69) is 20.5 Å². The number of nitrogens with one attached hydrogen (secondary N) is 2. The van der Waals surface area contributed by atoms with Crippen molar-refractivity contribution in [2.24, 2.45) is 10.9 Å². The van der Waals surface area contributed by atoms with Crippen LogP contribution in [0.3, 0.4) is 0 Å². The Morgan fingerprint density at radius 2 is 1.84 bits per heavy atom. The van der Waals surface area contributed by atoms with Crippen LogP contribution >= 0.6 is 0 Å². The molecule has 1 fully saturated rings. The lowest BCUT2D eigenvalue weighted by molar-refractivity contribution is -0.116. The Bertz CT molecular complexity index is 900. The molecule has 2 N–H and O–H groups in total. The van der Waals surface area contributed by atoms with Gasteiger partial charge in [0.1, 0.15) is 0 Å². The number of furan rings is 1. The SMILES string of the molecule is CN=C(NCc1cccc(NC(=O)CC(C)C)c1)N1CCN(C(=O)c2ccco2)CC1. The summed E-state index contributed by atoms with van der Waals surface area (Å²) in [4.78, 5) is 32.8. The van der Waals surface area contributed by atoms with Crippen molar-refractivity contribution >= 4 is 23.5 Å². The normalized spacial score (nSPS) is 14.6. The van der Waals surface area contributed by atoms with Crippen LogP contribution in [-0.2, 0) is 11.3 Å². The number of anilines is 1. The van der Waals surface area contributed by atoms with Crippen LogP contribution in [-0.4, -0.2) is 60.8 Å². The predicted molar refractivity (Wildman–Crippen MR) is 121 cm³/mol. The lowest BCUT2D eigenvalue weighted by Crippen LogP contribution is -2.53. The fourth-order valence-corrected chi connectivity index (χ4v) is 3.53. The average molecular weight is 426 g/mol. The van der Waals surface area contributed by atoms with Crippen LogP contribution in [0.25, 0.3) is 0 Å². The summed E-state index contributed by atoms with van der Waals surface area (Å²) in [5.41, 5.74) is 1.85. The van der Waals surface area contributed by atoms with E-state index in [0.717, 1.165) is 17.2 Å². The number of hydrogen-bond donors (Lipinski definition) is 2. The first-order valence-electron chi connectivity index (χ1n) is 10.6. The van der Waals surface area contributed by atoms with Crippen molar-refractivity contribution in [3.05, 3.63) is 54.0 Å². The predicted octanol–water partition coefficient (Wildman–Crippen LogP) is 2.80. The van der Waals surface area contributed by atoms with E-state index in [1.165, 1.54) is 6.26 Å². The third-order valence-corrected chi connectivity index (χ3v) is 5.07. The van der Waals surface area contributed by atoms with E-state index >= 15 is 0 Å². The fourth-order valence-electron chi connectivity index (χ4n) is 3.53. The van der Waals surface area contributed by atoms with E-state index in [0.29, 0.717) is 50.8 Å². The molecular formula is C23H31N5O3. The summed E-state index contributed by atoms with van der Waals surface area (Å²) >= 11 is 0. The van der Waals surface area contributed by atoms with Crippen LogP contribution < -0.4 is 10.6 Å². The number of hydrogen-bond acceptors (Lipinski definition) is 4. The van der Waals surface area contributed by atoms with Crippen molar-refractivity contribution < 1.29 is 14.0 Å². The second-order valence-corrected chi connectivity index (χ2v) is 8.00. The quantitative estimate of drug-likeness (QED) is 0.549. The van der Waals surface area contributed by atoms with E-state index in [-0.39, 0.29) is 11.8 Å². The summed E-state index contributed by atoms with van der Waals surface area (Å²) < 4.78 is 5.22. The Labute approximate surface area is 183 Å². The van der Waals surface area contributed by atoms with Crippen LogP contribution in [0.1, 0.15) is 36.4 Å². The summed E-state index contributed by atoms with van der Waals surface area (Å²) in [5, 5.41) is 6.33. The van der Waals surface area contributed by atoms with Gasteiger partial charge in [0.25, 0.3) is 5.91 Å². The molecular weight excluding hydrogens is 394 g/mol. The number of aliphatic imine (C=N–C) groups is 1. The lowest BCUT2D eigenvalue weighted by atomic mass is 10.1. The molecule has 2 aromatic rings. The topological polar surface area (TPSA) is 90.2 Å². The molecule has 8 nitrogen and oxygen atoms in total. The molecule has 0 unspecified atom stereocenters. The van der Waals surface area contributed by atoms with Gasteiger partial charge in [-0.1, -0.05) is 26.0 Å². The van der Waals surface area contributed by atoms with Crippen molar-refractivity contribution in [3.8, 4) is 0 Å². The molecule has 1 aromatic carbocycles. The molecule has 3 rings (SSSR count). The molecule has 31 heavy (non-hydrogen) atoms. The van der Waals surface area contributed by atoms with Gasteiger partial charge >= 0.3 is 0 Å². The maximum absolute atomic E-state index is 12.4. The van der Waals surface area contributed by atoms with Gasteiger partial charge in [0.15, 0.2) is 11.7 Å². The van der Waals surface area contributed by atoms with Gasteiger partial charge in [0.05, 0.1) is 6.26 Å². The van der Waals surface area contributed by atoms with Gasteiger partial charge in [0.2, 0.25) is 5.91 Å². The maximum Gasteiger partial charge on any atom is 0.289 e. The van der Waals surface area contributed by atoms with E-state index in [4.69, 9.17) is 4.42 Å².